The first-order valence-corrected chi connectivity index (χ1v) is 19.2. The van der Waals surface area contributed by atoms with E-state index in [0.29, 0.717) is 11.1 Å². The molecular weight excluding hydrogens is 693 g/mol. The molecule has 0 radical (unpaired) electrons. The van der Waals surface area contributed by atoms with Crippen LogP contribution in [0.25, 0.3) is 88.4 Å². The minimum absolute atomic E-state index is 0.543. The minimum Gasteiger partial charge on any atom is -0.308 e. The Kier molecular flexibility index (Phi) is 7.89. The van der Waals surface area contributed by atoms with Crippen LogP contribution >= 0.6 is 0 Å². The van der Waals surface area contributed by atoms with Gasteiger partial charge in [0.25, 0.3) is 0 Å². The molecule has 268 valence electrons. The quantitative estimate of drug-likeness (QED) is 0.177. The van der Waals surface area contributed by atoms with Crippen LogP contribution in [-0.4, -0.2) is 9.13 Å². The molecule has 0 unspecified atom stereocenters. The van der Waals surface area contributed by atoms with Gasteiger partial charge in [0, 0.05) is 27.1 Å². The van der Waals surface area contributed by atoms with Gasteiger partial charge in [0.05, 0.1) is 56.7 Å². The predicted molar refractivity (Wildman–Crippen MR) is 235 cm³/mol. The second kappa shape index (κ2) is 13.3. The van der Waals surface area contributed by atoms with Crippen LogP contribution in [0, 0.1) is 43.4 Å². The van der Waals surface area contributed by atoms with E-state index < -0.39 is 0 Å². The molecule has 0 aliphatic heterocycles. The average Bonchev–Trinajstić information content (AvgIpc) is 3.75. The molecule has 2 aromatic heterocycles. The molecule has 4 heteroatoms. The lowest BCUT2D eigenvalue weighted by Crippen LogP contribution is -2.05. The Labute approximate surface area is 331 Å². The van der Waals surface area contributed by atoms with Crippen molar-refractivity contribution in [2.75, 3.05) is 0 Å². The highest BCUT2D eigenvalue weighted by Gasteiger charge is 2.24. The molecule has 0 aliphatic rings. The summed E-state index contributed by atoms with van der Waals surface area (Å²) < 4.78 is 4.62. The number of rotatable bonds is 5. The predicted octanol–water partition coefficient (Wildman–Crippen LogP) is 13.6. The maximum absolute atomic E-state index is 10.8. The van der Waals surface area contributed by atoms with Gasteiger partial charge in [-0.15, -0.1) is 0 Å². The zero-order chi connectivity index (χ0) is 38.8. The lowest BCUT2D eigenvalue weighted by molar-refractivity contribution is 1.13. The first kappa shape index (κ1) is 33.9. The van der Waals surface area contributed by atoms with Gasteiger partial charge in [-0.05, 0) is 126 Å². The zero-order valence-corrected chi connectivity index (χ0v) is 31.9. The monoisotopic (exact) mass is 728 g/mol. The fraction of sp³-hybridized carbons (Fsp3) is 0.0566. The molecule has 0 amide bonds. The summed E-state index contributed by atoms with van der Waals surface area (Å²) in [5.74, 6) is 0. The van der Waals surface area contributed by atoms with Crippen LogP contribution in [0.2, 0.25) is 0 Å². The number of aryl methyl sites for hydroxylation is 3. The highest BCUT2D eigenvalue weighted by molar-refractivity contribution is 6.13. The summed E-state index contributed by atoms with van der Waals surface area (Å²) in [6.45, 7) is 6.34. The highest BCUT2D eigenvalue weighted by atomic mass is 15.0. The molecule has 4 nitrogen and oxygen atoms in total. The Morgan fingerprint density at radius 1 is 0.386 bits per heavy atom. The number of benzene rings is 8. The molecule has 2 heterocycles. The van der Waals surface area contributed by atoms with Gasteiger partial charge in [-0.3, -0.25) is 0 Å². The third-order valence-corrected chi connectivity index (χ3v) is 11.5. The maximum Gasteiger partial charge on any atom is 0.0993 e. The third kappa shape index (κ3) is 5.42. The van der Waals surface area contributed by atoms with Crippen LogP contribution in [-0.2, 0) is 0 Å². The summed E-state index contributed by atoms with van der Waals surface area (Å²) in [5.41, 5.74) is 17.0. The van der Waals surface area contributed by atoms with Crippen LogP contribution < -0.4 is 0 Å². The molecule has 0 spiro atoms. The fourth-order valence-electron chi connectivity index (χ4n) is 8.91. The van der Waals surface area contributed by atoms with Gasteiger partial charge in [-0.25, -0.2) is 0 Å². The normalized spacial score (nSPS) is 11.4. The van der Waals surface area contributed by atoms with Crippen LogP contribution in [0.5, 0.6) is 0 Å². The molecule has 0 saturated carbocycles. The van der Waals surface area contributed by atoms with Gasteiger partial charge in [0.15, 0.2) is 0 Å². The molecule has 0 saturated heterocycles. The summed E-state index contributed by atoms with van der Waals surface area (Å²) in [7, 11) is 0. The van der Waals surface area contributed by atoms with Crippen molar-refractivity contribution >= 4 is 43.6 Å². The van der Waals surface area contributed by atoms with Crippen molar-refractivity contribution < 1.29 is 0 Å². The zero-order valence-electron chi connectivity index (χ0n) is 31.9. The van der Waals surface area contributed by atoms with Gasteiger partial charge < -0.3 is 9.13 Å². The van der Waals surface area contributed by atoms with Crippen molar-refractivity contribution in [3.8, 4) is 56.9 Å². The highest BCUT2D eigenvalue weighted by Crippen LogP contribution is 2.44. The molecule has 10 rings (SSSR count). The Balaban J connectivity index is 1.34. The summed E-state index contributed by atoms with van der Waals surface area (Å²) >= 11 is 0. The maximum atomic E-state index is 10.8. The van der Waals surface area contributed by atoms with Crippen LogP contribution in [0.15, 0.2) is 164 Å². The van der Waals surface area contributed by atoms with E-state index in [0.717, 1.165) is 82.8 Å². The molecule has 10 aromatic rings. The second-order valence-corrected chi connectivity index (χ2v) is 15.0. The third-order valence-electron chi connectivity index (χ3n) is 11.5. The number of nitriles is 2. The van der Waals surface area contributed by atoms with E-state index in [1.54, 1.807) is 0 Å². The lowest BCUT2D eigenvalue weighted by Gasteiger charge is -2.21. The van der Waals surface area contributed by atoms with E-state index in [1.165, 1.54) is 22.3 Å². The first-order chi connectivity index (χ1) is 27.9. The van der Waals surface area contributed by atoms with Crippen molar-refractivity contribution in [1.29, 1.82) is 10.5 Å². The standard InChI is InChI=1S/C53H36N4/c1-33-24-36(31-54)26-40(25-33)53-51(56-47-18-10-8-16-43(47)45-29-38(20-22-49(45)56)41-14-6-4-12-34(41)2)27-37(32-55)28-52(53)57-48-19-11-9-17-44(48)46-30-39(21-23-50(46)57)42-15-7-5-13-35(42)3/h4-30H,1-3H3. The van der Waals surface area contributed by atoms with E-state index in [4.69, 9.17) is 0 Å². The number of nitrogens with zero attached hydrogens (tertiary/aromatic N) is 4. The Morgan fingerprint density at radius 3 is 1.32 bits per heavy atom. The molecule has 0 fully saturated rings. The van der Waals surface area contributed by atoms with Crippen LogP contribution in [0.1, 0.15) is 27.8 Å². The van der Waals surface area contributed by atoms with Gasteiger partial charge in [0.2, 0.25) is 0 Å². The van der Waals surface area contributed by atoms with Crippen molar-refractivity contribution in [2.45, 2.75) is 20.8 Å². The largest absolute Gasteiger partial charge is 0.308 e. The van der Waals surface area contributed by atoms with Gasteiger partial charge in [-0.2, -0.15) is 10.5 Å². The molecular formula is C53H36N4. The van der Waals surface area contributed by atoms with Gasteiger partial charge in [-0.1, -0.05) is 103 Å². The van der Waals surface area contributed by atoms with Crippen molar-refractivity contribution in [1.82, 2.24) is 9.13 Å². The smallest absolute Gasteiger partial charge is 0.0993 e. The molecule has 0 N–H and O–H groups in total. The van der Waals surface area contributed by atoms with Crippen molar-refractivity contribution in [2.24, 2.45) is 0 Å². The molecule has 8 aromatic carbocycles. The second-order valence-electron chi connectivity index (χ2n) is 15.0. The SMILES string of the molecule is Cc1cc(C#N)cc(-c2c(-n3c4ccccc4c4cc(-c5ccccc5C)ccc43)cc(C#N)cc2-n2c3ccccc3c3cc(-c4ccccc4C)ccc32)c1. The Bertz CT molecular complexity index is 3180. The lowest BCUT2D eigenvalue weighted by atomic mass is 9.95. The van der Waals surface area contributed by atoms with Gasteiger partial charge in [0.1, 0.15) is 0 Å². The average molecular weight is 729 g/mol. The number of para-hydroxylation sites is 2. The number of fused-ring (bicyclic) bond motifs is 6. The molecule has 0 atom stereocenters. The summed E-state index contributed by atoms with van der Waals surface area (Å²) in [6, 6.07) is 62.5. The van der Waals surface area contributed by atoms with Crippen molar-refractivity contribution in [3.05, 3.63) is 192 Å². The number of aromatic nitrogens is 2. The van der Waals surface area contributed by atoms with Crippen LogP contribution in [0.4, 0.5) is 0 Å². The summed E-state index contributed by atoms with van der Waals surface area (Å²) in [6.07, 6.45) is 0. The van der Waals surface area contributed by atoms with E-state index in [1.807, 2.05) is 31.2 Å². The topological polar surface area (TPSA) is 57.4 Å². The van der Waals surface area contributed by atoms with E-state index in [9.17, 15) is 10.5 Å². The van der Waals surface area contributed by atoms with Crippen LogP contribution in [0.3, 0.4) is 0 Å². The summed E-state index contributed by atoms with van der Waals surface area (Å²) in [5, 5.41) is 25.6. The Hall–Kier alpha value is -7.66. The van der Waals surface area contributed by atoms with E-state index in [-0.39, 0.29) is 0 Å². The number of hydrogen-bond donors (Lipinski definition) is 0. The Morgan fingerprint density at radius 2 is 0.825 bits per heavy atom. The number of hydrogen-bond acceptors (Lipinski definition) is 2. The minimum atomic E-state index is 0.543. The van der Waals surface area contributed by atoms with Gasteiger partial charge >= 0.3 is 0 Å². The van der Waals surface area contributed by atoms with E-state index in [2.05, 4.69) is 175 Å². The molecule has 57 heavy (non-hydrogen) atoms. The fourth-order valence-corrected chi connectivity index (χ4v) is 8.91. The van der Waals surface area contributed by atoms with Crippen molar-refractivity contribution in [3.63, 3.8) is 0 Å². The first-order valence-electron chi connectivity index (χ1n) is 19.2. The summed E-state index contributed by atoms with van der Waals surface area (Å²) in [4.78, 5) is 0. The molecule has 0 aliphatic carbocycles. The molecule has 0 bridgehead atoms. The van der Waals surface area contributed by atoms with E-state index >= 15 is 0 Å².